The second kappa shape index (κ2) is 22.5. The maximum atomic E-state index is 10.6. The summed E-state index contributed by atoms with van der Waals surface area (Å²) in [5, 5.41) is 16.7. The van der Waals surface area contributed by atoms with Crippen LogP contribution < -0.4 is 10.6 Å². The summed E-state index contributed by atoms with van der Waals surface area (Å²) in [6.07, 6.45) is 13.6. The first-order chi connectivity index (χ1) is 19.5. The number of aromatic nitrogens is 4. The van der Waals surface area contributed by atoms with Gasteiger partial charge in [-0.25, -0.2) is 4.98 Å². The van der Waals surface area contributed by atoms with Crippen molar-refractivity contribution in [3.8, 4) is 0 Å². The van der Waals surface area contributed by atoms with Gasteiger partial charge in [0.05, 0.1) is 17.9 Å². The molecule has 2 aromatic rings. The van der Waals surface area contributed by atoms with Gasteiger partial charge in [-0.1, -0.05) is 52.5 Å². The molecule has 2 aromatic heterocycles. The van der Waals surface area contributed by atoms with Gasteiger partial charge < -0.3 is 21.0 Å². The third kappa shape index (κ3) is 18.7. The molecule has 2 amide bonds. The fraction of sp³-hybridized carbons (Fsp3) is 0.656. The highest BCUT2D eigenvalue weighted by atomic mass is 16.1. The number of H-pyrrole nitrogens is 1. The molecule has 1 saturated heterocycles. The van der Waals surface area contributed by atoms with E-state index < -0.39 is 0 Å². The monoisotopic (exact) mass is 571 g/mol. The second-order valence-corrected chi connectivity index (χ2v) is 11.0. The average Bonchev–Trinajstić information content (AvgIpc) is 3.57. The van der Waals surface area contributed by atoms with Gasteiger partial charge in [0.2, 0.25) is 12.3 Å². The number of aromatic amines is 1. The minimum atomic E-state index is 0.0674. The van der Waals surface area contributed by atoms with E-state index >= 15 is 0 Å². The van der Waals surface area contributed by atoms with Gasteiger partial charge in [0.25, 0.3) is 0 Å². The average molecular weight is 572 g/mol. The largest absolute Gasteiger partial charge is 0.356 e. The van der Waals surface area contributed by atoms with E-state index in [2.05, 4.69) is 67.2 Å². The summed E-state index contributed by atoms with van der Waals surface area (Å²) in [4.78, 5) is 28.4. The number of hydrogen-bond donors (Lipinski definition) is 4. The molecule has 3 atom stereocenters. The van der Waals surface area contributed by atoms with Crippen molar-refractivity contribution >= 4 is 18.0 Å². The van der Waals surface area contributed by atoms with Crippen molar-refractivity contribution in [3.05, 3.63) is 47.3 Å². The van der Waals surface area contributed by atoms with Gasteiger partial charge in [-0.2, -0.15) is 5.10 Å². The number of imidazole rings is 1. The fourth-order valence-corrected chi connectivity index (χ4v) is 3.96. The smallest absolute Gasteiger partial charge is 0.220 e. The number of amides is 2. The molecule has 0 radical (unpaired) electrons. The highest BCUT2D eigenvalue weighted by Crippen LogP contribution is 2.20. The fourth-order valence-electron chi connectivity index (χ4n) is 3.96. The minimum absolute atomic E-state index is 0.0674. The van der Waals surface area contributed by atoms with Gasteiger partial charge in [0.1, 0.15) is 5.82 Å². The lowest BCUT2D eigenvalue weighted by Gasteiger charge is -2.17. The van der Waals surface area contributed by atoms with Gasteiger partial charge >= 0.3 is 0 Å². The molecule has 0 bridgehead atoms. The maximum Gasteiger partial charge on any atom is 0.220 e. The molecule has 1 fully saturated rings. The topological polar surface area (TPSA) is 129 Å². The van der Waals surface area contributed by atoms with Crippen LogP contribution in [0.15, 0.2) is 30.1 Å². The van der Waals surface area contributed by atoms with Crippen molar-refractivity contribution in [2.24, 2.45) is 11.8 Å². The molecular weight excluding hydrogens is 514 g/mol. The Balaban J connectivity index is 0.000000562. The SMILES string of the molecule is CC1CCC(=O)NC1.CCC(C)=CC(C)=N.CCC(C)CCCC(NC=O)c1cnc(C)[nH]1.CCn1nccc1C. The van der Waals surface area contributed by atoms with Gasteiger partial charge in [-0.3, -0.25) is 14.3 Å². The summed E-state index contributed by atoms with van der Waals surface area (Å²) in [5.41, 5.74) is 4.15. The lowest BCUT2D eigenvalue weighted by Crippen LogP contribution is -2.33. The molecule has 9 heteroatoms. The molecule has 3 heterocycles. The summed E-state index contributed by atoms with van der Waals surface area (Å²) >= 11 is 0. The first-order valence-corrected chi connectivity index (χ1v) is 15.2. The zero-order valence-corrected chi connectivity index (χ0v) is 27.1. The van der Waals surface area contributed by atoms with E-state index in [9.17, 15) is 9.59 Å². The number of hydrogen-bond acceptors (Lipinski definition) is 5. The highest BCUT2D eigenvalue weighted by molar-refractivity contribution is 5.90. The predicted octanol–water partition coefficient (Wildman–Crippen LogP) is 6.85. The van der Waals surface area contributed by atoms with E-state index in [4.69, 9.17) is 5.41 Å². The Morgan fingerprint density at radius 2 is 1.95 bits per heavy atom. The van der Waals surface area contributed by atoms with Crippen LogP contribution in [0.3, 0.4) is 0 Å². The molecule has 3 unspecified atom stereocenters. The molecule has 232 valence electrons. The van der Waals surface area contributed by atoms with Crippen molar-refractivity contribution in [1.29, 1.82) is 5.41 Å². The highest BCUT2D eigenvalue weighted by Gasteiger charge is 2.13. The lowest BCUT2D eigenvalue weighted by molar-refractivity contribution is -0.122. The molecule has 9 nitrogen and oxygen atoms in total. The lowest BCUT2D eigenvalue weighted by atomic mass is 9.98. The summed E-state index contributed by atoms with van der Waals surface area (Å²) in [7, 11) is 0. The third-order valence-electron chi connectivity index (χ3n) is 7.01. The number of rotatable bonds is 11. The van der Waals surface area contributed by atoms with Crippen LogP contribution in [0, 0.1) is 31.1 Å². The van der Waals surface area contributed by atoms with Gasteiger partial charge in [0.15, 0.2) is 0 Å². The first kappa shape index (κ1) is 37.8. The molecule has 4 N–H and O–H groups in total. The molecule has 0 aliphatic carbocycles. The number of nitrogens with zero attached hydrogens (tertiary/aromatic N) is 3. The Hall–Kier alpha value is -3.23. The predicted molar refractivity (Wildman–Crippen MR) is 170 cm³/mol. The Labute approximate surface area is 248 Å². The van der Waals surface area contributed by atoms with Crippen molar-refractivity contribution in [2.75, 3.05) is 6.54 Å². The third-order valence-corrected chi connectivity index (χ3v) is 7.01. The maximum absolute atomic E-state index is 10.6. The zero-order valence-electron chi connectivity index (χ0n) is 27.1. The quantitative estimate of drug-likeness (QED) is 0.174. The van der Waals surface area contributed by atoms with E-state index in [1.165, 1.54) is 24.1 Å². The van der Waals surface area contributed by atoms with Crippen molar-refractivity contribution < 1.29 is 9.59 Å². The number of allylic oxidation sites excluding steroid dienone is 2. The molecule has 3 rings (SSSR count). The normalized spacial score (nSPS) is 15.9. The number of aryl methyl sites for hydroxylation is 3. The Bertz CT molecular complexity index is 1010. The van der Waals surface area contributed by atoms with Gasteiger partial charge in [-0.05, 0) is 77.9 Å². The number of nitrogens with one attached hydrogen (secondary N) is 4. The van der Waals surface area contributed by atoms with Crippen LogP contribution in [0.1, 0.15) is 117 Å². The molecular formula is C32H57N7O2. The summed E-state index contributed by atoms with van der Waals surface area (Å²) in [6.45, 7) is 20.5. The van der Waals surface area contributed by atoms with Gasteiger partial charge in [0, 0.05) is 37.1 Å². The minimum Gasteiger partial charge on any atom is -0.356 e. The Morgan fingerprint density at radius 1 is 1.24 bits per heavy atom. The van der Waals surface area contributed by atoms with E-state index in [1.54, 1.807) is 13.1 Å². The molecule has 0 saturated carbocycles. The Kier molecular flexibility index (Phi) is 20.7. The Morgan fingerprint density at radius 3 is 2.32 bits per heavy atom. The van der Waals surface area contributed by atoms with Crippen LogP contribution in [0.5, 0.6) is 0 Å². The molecule has 1 aliphatic heterocycles. The van der Waals surface area contributed by atoms with Crippen LogP contribution in [0.25, 0.3) is 0 Å². The van der Waals surface area contributed by atoms with E-state index in [1.807, 2.05) is 36.9 Å². The van der Waals surface area contributed by atoms with E-state index in [0.717, 1.165) is 69.0 Å². The number of piperidine rings is 1. The van der Waals surface area contributed by atoms with Gasteiger partial charge in [-0.15, -0.1) is 0 Å². The van der Waals surface area contributed by atoms with Crippen molar-refractivity contribution in [3.63, 3.8) is 0 Å². The number of carbonyl (C=O) groups excluding carboxylic acids is 2. The molecule has 0 aromatic carbocycles. The van der Waals surface area contributed by atoms with Crippen LogP contribution in [-0.2, 0) is 16.1 Å². The standard InChI is InChI=1S/C13H23N3O.C7H13N.C6H10N2.C6H11NO/c1-4-10(2)6-5-7-12(15-9-17)13-8-14-11(3)16-13;1-4-6(2)5-7(3)8;1-3-8-6(2)4-5-7-8;1-5-2-3-6(8)7-4-5/h8-10,12H,4-7H2,1-3H3,(H,14,16)(H,15,17);5,8H,4H2,1-3H3;4-5H,3H2,1-2H3;5H,2-4H2,1H3,(H,7,8). The van der Waals surface area contributed by atoms with Crippen LogP contribution in [-0.4, -0.2) is 44.3 Å². The van der Waals surface area contributed by atoms with Crippen molar-refractivity contribution in [2.45, 2.75) is 120 Å². The van der Waals surface area contributed by atoms with Crippen LogP contribution >= 0.6 is 0 Å². The number of carbonyl (C=O) groups is 2. The van der Waals surface area contributed by atoms with Crippen LogP contribution in [0.4, 0.5) is 0 Å². The summed E-state index contributed by atoms with van der Waals surface area (Å²) < 4.78 is 1.96. The molecule has 41 heavy (non-hydrogen) atoms. The zero-order chi connectivity index (χ0) is 31.2. The summed E-state index contributed by atoms with van der Waals surface area (Å²) in [6, 6.07) is 2.07. The second-order valence-electron chi connectivity index (χ2n) is 11.0. The first-order valence-electron chi connectivity index (χ1n) is 15.2. The van der Waals surface area contributed by atoms with Crippen LogP contribution in [0.2, 0.25) is 0 Å². The van der Waals surface area contributed by atoms with E-state index in [-0.39, 0.29) is 11.9 Å². The molecule has 1 aliphatic rings. The summed E-state index contributed by atoms with van der Waals surface area (Å²) in [5.74, 6) is 2.55. The van der Waals surface area contributed by atoms with Crippen molar-refractivity contribution in [1.82, 2.24) is 30.4 Å². The van der Waals surface area contributed by atoms with E-state index in [0.29, 0.717) is 11.6 Å². The molecule has 0 spiro atoms.